The lowest BCUT2D eigenvalue weighted by Gasteiger charge is -2.30. The molecule has 2 heterocycles. The minimum Gasteiger partial charge on any atom is -0.384 e. The first-order chi connectivity index (χ1) is 9.24. The summed E-state index contributed by atoms with van der Waals surface area (Å²) in [6.07, 6.45) is 3.19. The fraction of sp³-hybridized carbons (Fsp3) is 0.357. The highest BCUT2D eigenvalue weighted by Crippen LogP contribution is 2.30. The Labute approximate surface area is 115 Å². The number of benzene rings is 1. The molecule has 1 saturated heterocycles. The minimum absolute atomic E-state index is 0.0678. The Bertz CT molecular complexity index is 602. The molecule has 1 aliphatic heterocycles. The predicted octanol–water partition coefficient (Wildman–Crippen LogP) is 2.76. The van der Waals surface area contributed by atoms with Crippen LogP contribution >= 0.6 is 11.6 Å². The fourth-order valence-corrected chi connectivity index (χ4v) is 2.73. The molecule has 0 bridgehead atoms. The molecule has 0 amide bonds. The van der Waals surface area contributed by atoms with Crippen LogP contribution in [0.1, 0.15) is 30.5 Å². The lowest BCUT2D eigenvalue weighted by molar-refractivity contribution is 0.161. The van der Waals surface area contributed by atoms with Crippen molar-refractivity contribution >= 4 is 11.6 Å². The molecule has 4 nitrogen and oxygen atoms in total. The van der Waals surface area contributed by atoms with Crippen molar-refractivity contribution in [1.29, 1.82) is 0 Å². The van der Waals surface area contributed by atoms with Crippen LogP contribution in [-0.2, 0) is 0 Å². The molecular weight excluding hydrogens is 264 g/mol. The van der Waals surface area contributed by atoms with E-state index in [-0.39, 0.29) is 17.6 Å². The van der Waals surface area contributed by atoms with Crippen LogP contribution in [0, 0.1) is 0 Å². The van der Waals surface area contributed by atoms with Gasteiger partial charge in [-0.25, -0.2) is 0 Å². The number of rotatable bonds is 2. The third-order valence-corrected chi connectivity index (χ3v) is 3.83. The lowest BCUT2D eigenvalue weighted by atomic mass is 9.94. The van der Waals surface area contributed by atoms with E-state index in [1.54, 1.807) is 0 Å². The molecule has 2 atom stereocenters. The summed E-state index contributed by atoms with van der Waals surface area (Å²) in [6.45, 7) is 0.866. The van der Waals surface area contributed by atoms with E-state index >= 15 is 0 Å². The summed E-state index contributed by atoms with van der Waals surface area (Å²) in [5.41, 5.74) is 1.12. The van der Waals surface area contributed by atoms with Crippen LogP contribution in [0.25, 0.3) is 0 Å². The summed E-state index contributed by atoms with van der Waals surface area (Å²) >= 11 is 5.90. The second-order valence-corrected chi connectivity index (χ2v) is 5.25. The molecule has 0 unspecified atom stereocenters. The van der Waals surface area contributed by atoms with Crippen molar-refractivity contribution in [3.05, 3.63) is 57.5 Å². The van der Waals surface area contributed by atoms with Gasteiger partial charge in [0.05, 0.1) is 6.04 Å². The summed E-state index contributed by atoms with van der Waals surface area (Å²) in [5, 5.41) is 4.20. The molecule has 1 N–H and O–H groups in total. The van der Waals surface area contributed by atoms with Crippen LogP contribution in [0.15, 0.2) is 45.9 Å². The van der Waals surface area contributed by atoms with Gasteiger partial charge in [0, 0.05) is 17.1 Å². The van der Waals surface area contributed by atoms with Gasteiger partial charge in [-0.1, -0.05) is 23.7 Å². The maximum absolute atomic E-state index is 11.6. The zero-order valence-electron chi connectivity index (χ0n) is 10.4. The first kappa shape index (κ1) is 12.5. The molecule has 3 rings (SSSR count). The Hall–Kier alpha value is -1.52. The monoisotopic (exact) mass is 278 g/mol. The molecule has 100 valence electrons. The van der Waals surface area contributed by atoms with E-state index in [9.17, 15) is 4.79 Å². The van der Waals surface area contributed by atoms with Gasteiger partial charge in [0.25, 0.3) is 5.56 Å². The largest absolute Gasteiger partial charge is 0.384 e. The normalized spacial score (nSPS) is 23.4. The van der Waals surface area contributed by atoms with E-state index in [0.29, 0.717) is 0 Å². The molecule has 0 aliphatic carbocycles. The van der Waals surface area contributed by atoms with Gasteiger partial charge < -0.3 is 9.84 Å². The van der Waals surface area contributed by atoms with E-state index in [2.05, 4.69) is 5.32 Å². The highest BCUT2D eigenvalue weighted by Gasteiger charge is 2.25. The summed E-state index contributed by atoms with van der Waals surface area (Å²) in [5.74, 6) is 0. The fourth-order valence-electron chi connectivity index (χ4n) is 2.61. The molecular formula is C14H15ClN2O2. The van der Waals surface area contributed by atoms with Gasteiger partial charge >= 0.3 is 0 Å². The maximum atomic E-state index is 11.6. The number of nitrogens with one attached hydrogen (secondary N) is 1. The van der Waals surface area contributed by atoms with Crippen LogP contribution in [-0.4, -0.2) is 11.3 Å². The Kier molecular flexibility index (Phi) is 3.44. The van der Waals surface area contributed by atoms with Gasteiger partial charge in [0.1, 0.15) is 6.26 Å². The average Bonchev–Trinajstić information content (AvgIpc) is 2.86. The molecule has 1 fully saturated rings. The van der Waals surface area contributed by atoms with E-state index in [0.717, 1.165) is 24.4 Å². The van der Waals surface area contributed by atoms with Crippen LogP contribution in [0.3, 0.4) is 0 Å². The number of hydrogen-bond acceptors (Lipinski definition) is 3. The highest BCUT2D eigenvalue weighted by atomic mass is 35.5. The van der Waals surface area contributed by atoms with Crippen molar-refractivity contribution in [2.75, 3.05) is 6.54 Å². The Morgan fingerprint density at radius 1 is 1.26 bits per heavy atom. The zero-order valence-corrected chi connectivity index (χ0v) is 11.1. The summed E-state index contributed by atoms with van der Waals surface area (Å²) in [7, 11) is 0. The predicted molar refractivity (Wildman–Crippen MR) is 73.4 cm³/mol. The molecule has 5 heteroatoms. The number of halogens is 1. The van der Waals surface area contributed by atoms with Crippen molar-refractivity contribution < 1.29 is 4.52 Å². The topological polar surface area (TPSA) is 47.2 Å². The number of aromatic nitrogens is 1. The zero-order chi connectivity index (χ0) is 13.2. The van der Waals surface area contributed by atoms with E-state index in [4.69, 9.17) is 16.1 Å². The van der Waals surface area contributed by atoms with Crippen molar-refractivity contribution in [3.8, 4) is 0 Å². The number of nitrogens with zero attached hydrogens (tertiary/aromatic N) is 1. The Morgan fingerprint density at radius 3 is 2.74 bits per heavy atom. The average molecular weight is 279 g/mol. The quantitative estimate of drug-likeness (QED) is 0.919. The number of hydrogen-bond donors (Lipinski definition) is 1. The van der Waals surface area contributed by atoms with Crippen LogP contribution in [0.5, 0.6) is 0 Å². The number of piperidine rings is 1. The second kappa shape index (κ2) is 5.23. The molecule has 2 aromatic rings. The molecule has 0 saturated carbocycles. The van der Waals surface area contributed by atoms with Crippen molar-refractivity contribution in [2.45, 2.75) is 24.9 Å². The lowest BCUT2D eigenvalue weighted by Crippen LogP contribution is -2.35. The van der Waals surface area contributed by atoms with Gasteiger partial charge in [-0.05, 0) is 37.1 Å². The minimum atomic E-state index is -0.0678. The molecule has 19 heavy (non-hydrogen) atoms. The highest BCUT2D eigenvalue weighted by molar-refractivity contribution is 6.30. The van der Waals surface area contributed by atoms with Gasteiger partial charge in [0.15, 0.2) is 0 Å². The third kappa shape index (κ3) is 2.60. The van der Waals surface area contributed by atoms with Crippen LogP contribution in [0.4, 0.5) is 0 Å². The summed E-state index contributed by atoms with van der Waals surface area (Å²) in [4.78, 5) is 11.6. The van der Waals surface area contributed by atoms with Gasteiger partial charge in [0.2, 0.25) is 0 Å². The maximum Gasteiger partial charge on any atom is 0.282 e. The molecule has 0 radical (unpaired) electrons. The van der Waals surface area contributed by atoms with Crippen molar-refractivity contribution in [1.82, 2.24) is 10.1 Å². The van der Waals surface area contributed by atoms with Gasteiger partial charge in [-0.2, -0.15) is 4.74 Å². The first-order valence-corrected chi connectivity index (χ1v) is 6.77. The smallest absolute Gasteiger partial charge is 0.282 e. The first-order valence-electron chi connectivity index (χ1n) is 6.39. The SMILES string of the molecule is O=c1ccon1[C@H]1CCN[C@@H](c2ccc(Cl)cc2)C1. The Balaban J connectivity index is 1.80. The standard InChI is InChI=1S/C14H15ClN2O2/c15-11-3-1-10(2-4-11)13-9-12(5-7-16-13)17-14(18)6-8-19-17/h1-4,6,8,12-13,16H,5,7,9H2/t12-,13+/m0/s1. The summed E-state index contributed by atoms with van der Waals surface area (Å²) in [6, 6.07) is 9.63. The van der Waals surface area contributed by atoms with E-state index in [1.165, 1.54) is 22.6 Å². The third-order valence-electron chi connectivity index (χ3n) is 3.58. The molecule has 1 aromatic carbocycles. The van der Waals surface area contributed by atoms with Crippen LogP contribution < -0.4 is 10.9 Å². The molecule has 1 aromatic heterocycles. The van der Waals surface area contributed by atoms with Gasteiger partial charge in [-0.15, -0.1) is 0 Å². The summed E-state index contributed by atoms with van der Waals surface area (Å²) < 4.78 is 6.74. The van der Waals surface area contributed by atoms with E-state index in [1.807, 2.05) is 24.3 Å². The van der Waals surface area contributed by atoms with Gasteiger partial charge in [-0.3, -0.25) is 4.79 Å². The van der Waals surface area contributed by atoms with Crippen molar-refractivity contribution in [2.24, 2.45) is 0 Å². The molecule has 1 aliphatic rings. The Morgan fingerprint density at radius 2 is 2.05 bits per heavy atom. The van der Waals surface area contributed by atoms with Crippen LogP contribution in [0.2, 0.25) is 5.02 Å². The molecule has 0 spiro atoms. The van der Waals surface area contributed by atoms with E-state index < -0.39 is 0 Å². The second-order valence-electron chi connectivity index (χ2n) is 4.81. The van der Waals surface area contributed by atoms with Crippen molar-refractivity contribution in [3.63, 3.8) is 0 Å².